The third kappa shape index (κ3) is 3.72. The van der Waals surface area contributed by atoms with Gasteiger partial charge in [-0.25, -0.2) is 0 Å². The minimum Gasteiger partial charge on any atom is -0.462 e. The fraction of sp³-hybridized carbons (Fsp3) is 0.857. The van der Waals surface area contributed by atoms with Crippen LogP contribution in [0.2, 0.25) is 0 Å². The van der Waals surface area contributed by atoms with Gasteiger partial charge in [-0.05, 0) is 20.3 Å². The van der Waals surface area contributed by atoms with Gasteiger partial charge in [-0.1, -0.05) is 6.92 Å². The Morgan fingerprint density at radius 1 is 1.60 bits per heavy atom. The Labute approximate surface area is 66.5 Å². The second-order valence-electron chi connectivity index (χ2n) is 2.27. The van der Waals surface area contributed by atoms with Gasteiger partial charge in [0, 0.05) is 0 Å². The maximum atomic E-state index is 10.8. The molecule has 3 heteroatoms. The second kappa shape index (κ2) is 4.56. The largest absolute Gasteiger partial charge is 0.462 e. The maximum Gasteiger partial charge on any atom is 0.324 e. The molecule has 2 unspecified atom stereocenters. The van der Waals surface area contributed by atoms with Gasteiger partial charge < -0.3 is 4.74 Å². The minimum atomic E-state index is -0.533. The van der Waals surface area contributed by atoms with E-state index in [0.717, 1.165) is 6.42 Å². The summed E-state index contributed by atoms with van der Waals surface area (Å²) in [5, 5.41) is -0.533. The number of carbonyl (C=O) groups is 1. The van der Waals surface area contributed by atoms with Crippen LogP contribution < -0.4 is 0 Å². The third-order valence-corrected chi connectivity index (χ3v) is 1.40. The van der Waals surface area contributed by atoms with E-state index < -0.39 is 5.38 Å². The lowest BCUT2D eigenvalue weighted by molar-refractivity contribution is -0.147. The Hall–Kier alpha value is -0.240. The van der Waals surface area contributed by atoms with E-state index in [-0.39, 0.29) is 12.1 Å². The van der Waals surface area contributed by atoms with E-state index in [1.807, 2.05) is 13.8 Å². The van der Waals surface area contributed by atoms with Crippen molar-refractivity contribution >= 4 is 17.6 Å². The van der Waals surface area contributed by atoms with Crippen LogP contribution >= 0.6 is 11.6 Å². The molecule has 0 aromatic rings. The Morgan fingerprint density at radius 2 is 2.10 bits per heavy atom. The topological polar surface area (TPSA) is 26.3 Å². The molecule has 2 atom stereocenters. The highest BCUT2D eigenvalue weighted by Crippen LogP contribution is 2.02. The second-order valence-corrected chi connectivity index (χ2v) is 2.93. The summed E-state index contributed by atoms with van der Waals surface area (Å²) in [5.41, 5.74) is 0. The Bertz CT molecular complexity index is 112. The van der Waals surface area contributed by atoms with Crippen LogP contribution in [0.3, 0.4) is 0 Å². The van der Waals surface area contributed by atoms with Crippen molar-refractivity contribution in [1.29, 1.82) is 0 Å². The molecule has 10 heavy (non-hydrogen) atoms. The number of carbonyl (C=O) groups excluding carboxylic acids is 1. The number of ether oxygens (including phenoxy) is 1. The van der Waals surface area contributed by atoms with Gasteiger partial charge in [-0.3, -0.25) is 4.79 Å². The molecule has 0 aliphatic carbocycles. The van der Waals surface area contributed by atoms with E-state index in [0.29, 0.717) is 0 Å². The van der Waals surface area contributed by atoms with Crippen molar-refractivity contribution in [2.45, 2.75) is 38.7 Å². The van der Waals surface area contributed by atoms with Crippen LogP contribution in [0, 0.1) is 0 Å². The fourth-order valence-electron chi connectivity index (χ4n) is 0.375. The quantitative estimate of drug-likeness (QED) is 0.471. The standard InChI is InChI=1S/C7H13ClO2/c1-4-5(2)10-7(9)6(3)8/h5-6H,4H2,1-3H3. The van der Waals surface area contributed by atoms with Crippen molar-refractivity contribution in [2.75, 3.05) is 0 Å². The van der Waals surface area contributed by atoms with Crippen LogP contribution in [0.25, 0.3) is 0 Å². The predicted molar refractivity (Wildman–Crippen MR) is 41.2 cm³/mol. The summed E-state index contributed by atoms with van der Waals surface area (Å²) in [7, 11) is 0. The van der Waals surface area contributed by atoms with Crippen LogP contribution in [-0.4, -0.2) is 17.5 Å². The summed E-state index contributed by atoms with van der Waals surface area (Å²) in [6.07, 6.45) is 0.809. The lowest BCUT2D eigenvalue weighted by atomic mass is 10.3. The van der Waals surface area contributed by atoms with E-state index in [2.05, 4.69) is 0 Å². The number of halogens is 1. The Balaban J connectivity index is 3.57. The van der Waals surface area contributed by atoms with Crippen molar-refractivity contribution in [3.05, 3.63) is 0 Å². The first kappa shape index (κ1) is 9.76. The maximum absolute atomic E-state index is 10.8. The van der Waals surface area contributed by atoms with Gasteiger partial charge >= 0.3 is 5.97 Å². The van der Waals surface area contributed by atoms with Crippen LogP contribution in [0.15, 0.2) is 0 Å². The van der Waals surface area contributed by atoms with Crippen LogP contribution in [0.4, 0.5) is 0 Å². The molecular weight excluding hydrogens is 152 g/mol. The van der Waals surface area contributed by atoms with Crippen LogP contribution in [0.1, 0.15) is 27.2 Å². The number of hydrogen-bond acceptors (Lipinski definition) is 2. The van der Waals surface area contributed by atoms with E-state index in [1.54, 1.807) is 6.92 Å². The zero-order valence-electron chi connectivity index (χ0n) is 6.56. The molecule has 0 rings (SSSR count). The van der Waals surface area contributed by atoms with Gasteiger partial charge in [-0.2, -0.15) is 0 Å². The molecule has 0 saturated heterocycles. The van der Waals surface area contributed by atoms with Crippen molar-refractivity contribution in [1.82, 2.24) is 0 Å². The minimum absolute atomic E-state index is 0.0197. The molecule has 0 amide bonds. The number of rotatable bonds is 3. The van der Waals surface area contributed by atoms with E-state index in [9.17, 15) is 4.79 Å². The van der Waals surface area contributed by atoms with E-state index >= 15 is 0 Å². The van der Waals surface area contributed by atoms with E-state index in [1.165, 1.54) is 0 Å². The van der Waals surface area contributed by atoms with Crippen molar-refractivity contribution < 1.29 is 9.53 Å². The molecule has 2 nitrogen and oxygen atoms in total. The molecule has 0 bridgehead atoms. The SMILES string of the molecule is CCC(C)OC(=O)C(C)Cl. The highest BCUT2D eigenvalue weighted by Gasteiger charge is 2.12. The first-order chi connectivity index (χ1) is 4.57. The summed E-state index contributed by atoms with van der Waals surface area (Å²) in [5.74, 6) is -0.337. The highest BCUT2D eigenvalue weighted by molar-refractivity contribution is 6.29. The predicted octanol–water partition coefficient (Wildman–Crippen LogP) is 1.96. The smallest absolute Gasteiger partial charge is 0.324 e. The molecule has 0 aliphatic heterocycles. The summed E-state index contributed by atoms with van der Waals surface area (Å²) < 4.78 is 4.89. The average Bonchev–Trinajstić information content (AvgIpc) is 1.87. The van der Waals surface area contributed by atoms with Crippen molar-refractivity contribution in [2.24, 2.45) is 0 Å². The van der Waals surface area contributed by atoms with Gasteiger partial charge in [0.25, 0.3) is 0 Å². The molecule has 0 N–H and O–H groups in total. The number of hydrogen-bond donors (Lipinski definition) is 0. The molecule has 0 saturated carbocycles. The molecule has 0 spiro atoms. The molecular formula is C7H13ClO2. The molecule has 0 fully saturated rings. The molecule has 0 aliphatic rings. The summed E-state index contributed by atoms with van der Waals surface area (Å²) >= 11 is 5.45. The van der Waals surface area contributed by atoms with Gasteiger partial charge in [0.15, 0.2) is 0 Å². The number of esters is 1. The van der Waals surface area contributed by atoms with Gasteiger partial charge in [-0.15, -0.1) is 11.6 Å². The van der Waals surface area contributed by atoms with Crippen LogP contribution in [0.5, 0.6) is 0 Å². The van der Waals surface area contributed by atoms with Crippen LogP contribution in [-0.2, 0) is 9.53 Å². The molecule has 0 aromatic heterocycles. The highest BCUT2D eigenvalue weighted by atomic mass is 35.5. The summed E-state index contributed by atoms with van der Waals surface area (Å²) in [6, 6.07) is 0. The monoisotopic (exact) mass is 164 g/mol. The molecule has 0 radical (unpaired) electrons. The molecule has 0 aromatic carbocycles. The lowest BCUT2D eigenvalue weighted by Gasteiger charge is -2.11. The van der Waals surface area contributed by atoms with Crippen molar-refractivity contribution in [3.63, 3.8) is 0 Å². The normalized spacial score (nSPS) is 16.0. The van der Waals surface area contributed by atoms with Gasteiger partial charge in [0.2, 0.25) is 0 Å². The number of alkyl halides is 1. The first-order valence-corrected chi connectivity index (χ1v) is 3.86. The Kier molecular flexibility index (Phi) is 4.45. The summed E-state index contributed by atoms with van der Waals surface area (Å²) in [6.45, 7) is 5.40. The first-order valence-electron chi connectivity index (χ1n) is 3.42. The van der Waals surface area contributed by atoms with Crippen molar-refractivity contribution in [3.8, 4) is 0 Å². The fourth-order valence-corrected chi connectivity index (χ4v) is 0.427. The van der Waals surface area contributed by atoms with Gasteiger partial charge in [0.05, 0.1) is 6.10 Å². The lowest BCUT2D eigenvalue weighted by Crippen LogP contribution is -2.20. The zero-order valence-corrected chi connectivity index (χ0v) is 7.31. The summed E-state index contributed by atoms with van der Waals surface area (Å²) in [4.78, 5) is 10.8. The zero-order chi connectivity index (χ0) is 8.15. The Morgan fingerprint density at radius 3 is 2.40 bits per heavy atom. The van der Waals surface area contributed by atoms with Gasteiger partial charge in [0.1, 0.15) is 5.38 Å². The average molecular weight is 165 g/mol. The van der Waals surface area contributed by atoms with E-state index in [4.69, 9.17) is 16.3 Å². The third-order valence-electron chi connectivity index (χ3n) is 1.22. The molecule has 0 heterocycles. The molecule has 60 valence electrons.